The first kappa shape index (κ1) is 19.6. The van der Waals surface area contributed by atoms with Gasteiger partial charge in [-0.15, -0.1) is 0 Å². The molecular weight excluding hydrogens is 336 g/mol. The number of likely N-dealkylation sites (tertiary alicyclic amines) is 1. The zero-order valence-electron chi connectivity index (χ0n) is 16.9. The largest absolute Gasteiger partial charge is 0.324 e. The van der Waals surface area contributed by atoms with Crippen molar-refractivity contribution in [3.05, 3.63) is 47.3 Å². The Labute approximate surface area is 162 Å². The maximum absolute atomic E-state index is 12.9. The van der Waals surface area contributed by atoms with Crippen molar-refractivity contribution in [2.45, 2.75) is 65.5 Å². The average molecular weight is 369 g/mol. The molecular formula is C22H32N4O. The molecule has 0 spiro atoms. The Morgan fingerprint density at radius 1 is 1.15 bits per heavy atom. The first-order chi connectivity index (χ1) is 13.1. The molecule has 27 heavy (non-hydrogen) atoms. The van der Waals surface area contributed by atoms with E-state index in [1.807, 2.05) is 36.7 Å². The number of hydrogen-bond donors (Lipinski definition) is 1. The summed E-state index contributed by atoms with van der Waals surface area (Å²) in [6.45, 7) is 9.45. The number of nitrogens with one attached hydrogen (secondary N) is 1. The van der Waals surface area contributed by atoms with E-state index in [2.05, 4.69) is 34.4 Å². The fourth-order valence-electron chi connectivity index (χ4n) is 3.89. The third-order valence-electron chi connectivity index (χ3n) is 5.28. The standard InChI is InChI=1S/C22H32N4O/c1-4-8-21(26-18(3)15-17(2)24-26)22(27)23-20-11-9-19(10-12-20)16-25-13-6-5-7-14-25/h9-12,15,21H,4-8,13-14,16H2,1-3H3,(H,23,27). The number of piperidine rings is 1. The second-order valence-corrected chi connectivity index (χ2v) is 7.70. The van der Waals surface area contributed by atoms with Gasteiger partial charge in [-0.05, 0) is 70.0 Å². The second-order valence-electron chi connectivity index (χ2n) is 7.70. The number of amides is 1. The first-order valence-corrected chi connectivity index (χ1v) is 10.2. The van der Waals surface area contributed by atoms with Gasteiger partial charge in [-0.1, -0.05) is 31.9 Å². The highest BCUT2D eigenvalue weighted by Gasteiger charge is 2.22. The minimum atomic E-state index is -0.267. The highest BCUT2D eigenvalue weighted by molar-refractivity contribution is 5.93. The van der Waals surface area contributed by atoms with E-state index in [1.165, 1.54) is 37.9 Å². The van der Waals surface area contributed by atoms with Crippen molar-refractivity contribution in [3.63, 3.8) is 0 Å². The topological polar surface area (TPSA) is 50.2 Å². The molecule has 1 aliphatic heterocycles. The molecule has 1 fully saturated rings. The summed E-state index contributed by atoms with van der Waals surface area (Å²) in [5.74, 6) is 0.00632. The van der Waals surface area contributed by atoms with Crippen molar-refractivity contribution in [1.29, 1.82) is 0 Å². The number of hydrogen-bond acceptors (Lipinski definition) is 3. The summed E-state index contributed by atoms with van der Waals surface area (Å²) < 4.78 is 1.86. The molecule has 1 aromatic carbocycles. The Balaban J connectivity index is 1.64. The molecule has 0 saturated carbocycles. The number of aryl methyl sites for hydroxylation is 2. The van der Waals surface area contributed by atoms with Crippen LogP contribution in [-0.4, -0.2) is 33.7 Å². The van der Waals surface area contributed by atoms with Gasteiger partial charge < -0.3 is 5.32 Å². The van der Waals surface area contributed by atoms with Crippen LogP contribution in [0.5, 0.6) is 0 Å². The van der Waals surface area contributed by atoms with E-state index in [4.69, 9.17) is 0 Å². The Bertz CT molecular complexity index is 744. The summed E-state index contributed by atoms with van der Waals surface area (Å²) in [7, 11) is 0. The van der Waals surface area contributed by atoms with Gasteiger partial charge >= 0.3 is 0 Å². The molecule has 0 bridgehead atoms. The van der Waals surface area contributed by atoms with E-state index >= 15 is 0 Å². The van der Waals surface area contributed by atoms with Crippen LogP contribution >= 0.6 is 0 Å². The van der Waals surface area contributed by atoms with Crippen LogP contribution in [0.3, 0.4) is 0 Å². The van der Waals surface area contributed by atoms with Crippen LogP contribution in [0.4, 0.5) is 5.69 Å². The third kappa shape index (κ3) is 5.19. The molecule has 1 amide bonds. The SMILES string of the molecule is CCCC(C(=O)Nc1ccc(CN2CCCCC2)cc1)n1nc(C)cc1C. The van der Waals surface area contributed by atoms with Crippen LogP contribution < -0.4 is 5.32 Å². The van der Waals surface area contributed by atoms with Crippen molar-refractivity contribution >= 4 is 11.6 Å². The predicted molar refractivity (Wildman–Crippen MR) is 110 cm³/mol. The number of rotatable bonds is 7. The maximum atomic E-state index is 12.9. The number of carbonyl (C=O) groups excluding carboxylic acids is 1. The van der Waals surface area contributed by atoms with E-state index in [9.17, 15) is 4.79 Å². The van der Waals surface area contributed by atoms with Crippen molar-refractivity contribution in [1.82, 2.24) is 14.7 Å². The lowest BCUT2D eigenvalue weighted by atomic mass is 10.1. The van der Waals surface area contributed by atoms with Gasteiger partial charge in [-0.2, -0.15) is 5.10 Å². The summed E-state index contributed by atoms with van der Waals surface area (Å²) >= 11 is 0. The van der Waals surface area contributed by atoms with E-state index in [0.717, 1.165) is 36.5 Å². The lowest BCUT2D eigenvalue weighted by Crippen LogP contribution is -2.29. The summed E-state index contributed by atoms with van der Waals surface area (Å²) in [5, 5.41) is 7.60. The number of carbonyl (C=O) groups is 1. The Morgan fingerprint density at radius 3 is 2.44 bits per heavy atom. The first-order valence-electron chi connectivity index (χ1n) is 10.2. The van der Waals surface area contributed by atoms with Gasteiger partial charge in [-0.25, -0.2) is 0 Å². The number of nitrogens with zero attached hydrogens (tertiary/aromatic N) is 3. The van der Waals surface area contributed by atoms with Gasteiger partial charge in [0, 0.05) is 17.9 Å². The molecule has 0 aliphatic carbocycles. The fourth-order valence-corrected chi connectivity index (χ4v) is 3.89. The van der Waals surface area contributed by atoms with Gasteiger partial charge in [0.1, 0.15) is 6.04 Å². The van der Waals surface area contributed by atoms with Crippen LogP contribution in [0.2, 0.25) is 0 Å². The molecule has 2 heterocycles. The van der Waals surface area contributed by atoms with E-state index in [0.29, 0.717) is 0 Å². The van der Waals surface area contributed by atoms with Crippen LogP contribution in [0.15, 0.2) is 30.3 Å². The van der Waals surface area contributed by atoms with Crippen LogP contribution in [0, 0.1) is 13.8 Å². The maximum Gasteiger partial charge on any atom is 0.249 e. The normalized spacial score (nSPS) is 16.3. The monoisotopic (exact) mass is 368 g/mol. The number of anilines is 1. The minimum absolute atomic E-state index is 0.00632. The molecule has 1 aromatic heterocycles. The van der Waals surface area contributed by atoms with Crippen LogP contribution in [-0.2, 0) is 11.3 Å². The van der Waals surface area contributed by atoms with Crippen molar-refractivity contribution in [2.75, 3.05) is 18.4 Å². The summed E-state index contributed by atoms with van der Waals surface area (Å²) in [4.78, 5) is 15.4. The van der Waals surface area contributed by atoms with E-state index in [1.54, 1.807) is 0 Å². The second kappa shape index (κ2) is 9.18. The number of aromatic nitrogens is 2. The van der Waals surface area contributed by atoms with Gasteiger partial charge in [-0.3, -0.25) is 14.4 Å². The molecule has 146 valence electrons. The predicted octanol–water partition coefficient (Wildman–Crippen LogP) is 4.47. The molecule has 1 aliphatic rings. The molecule has 5 heteroatoms. The zero-order valence-corrected chi connectivity index (χ0v) is 16.9. The lowest BCUT2D eigenvalue weighted by molar-refractivity contribution is -0.119. The van der Waals surface area contributed by atoms with Gasteiger partial charge in [0.2, 0.25) is 5.91 Å². The molecule has 1 atom stereocenters. The fraction of sp³-hybridized carbons (Fsp3) is 0.545. The van der Waals surface area contributed by atoms with E-state index in [-0.39, 0.29) is 11.9 Å². The summed E-state index contributed by atoms with van der Waals surface area (Å²) in [6.07, 6.45) is 5.68. The highest BCUT2D eigenvalue weighted by atomic mass is 16.2. The smallest absolute Gasteiger partial charge is 0.249 e. The highest BCUT2D eigenvalue weighted by Crippen LogP contribution is 2.20. The Morgan fingerprint density at radius 2 is 1.85 bits per heavy atom. The van der Waals surface area contributed by atoms with Crippen LogP contribution in [0.1, 0.15) is 62.0 Å². The summed E-state index contributed by atoms with van der Waals surface area (Å²) in [6, 6.07) is 10.0. The van der Waals surface area contributed by atoms with Crippen molar-refractivity contribution in [2.24, 2.45) is 0 Å². The summed E-state index contributed by atoms with van der Waals surface area (Å²) in [5.41, 5.74) is 4.13. The lowest BCUT2D eigenvalue weighted by Gasteiger charge is -2.26. The molecule has 1 unspecified atom stereocenters. The van der Waals surface area contributed by atoms with Crippen LogP contribution in [0.25, 0.3) is 0 Å². The average Bonchev–Trinajstić information content (AvgIpc) is 3.00. The van der Waals surface area contributed by atoms with Gasteiger partial charge in [0.05, 0.1) is 5.69 Å². The van der Waals surface area contributed by atoms with Gasteiger partial charge in [0.25, 0.3) is 0 Å². The Kier molecular flexibility index (Phi) is 6.67. The van der Waals surface area contributed by atoms with Crippen molar-refractivity contribution in [3.8, 4) is 0 Å². The Hall–Kier alpha value is -2.14. The quantitative estimate of drug-likeness (QED) is 0.785. The number of benzene rings is 1. The molecule has 0 radical (unpaired) electrons. The minimum Gasteiger partial charge on any atom is -0.324 e. The third-order valence-corrected chi connectivity index (χ3v) is 5.28. The molecule has 3 rings (SSSR count). The van der Waals surface area contributed by atoms with Crippen molar-refractivity contribution < 1.29 is 4.79 Å². The van der Waals surface area contributed by atoms with E-state index < -0.39 is 0 Å². The molecule has 2 aromatic rings. The molecule has 5 nitrogen and oxygen atoms in total. The van der Waals surface area contributed by atoms with Gasteiger partial charge in [0.15, 0.2) is 0 Å². The molecule has 1 saturated heterocycles. The molecule has 1 N–H and O–H groups in total. The zero-order chi connectivity index (χ0) is 19.2.